The van der Waals surface area contributed by atoms with Crippen molar-refractivity contribution in [3.63, 3.8) is 0 Å². The summed E-state index contributed by atoms with van der Waals surface area (Å²) in [5.74, 6) is 1.46. The fourth-order valence-corrected chi connectivity index (χ4v) is 4.54. The summed E-state index contributed by atoms with van der Waals surface area (Å²) in [4.78, 5) is 15.0. The Morgan fingerprint density at radius 2 is 1.86 bits per heavy atom. The number of ether oxygens (including phenoxy) is 1. The number of carbonyl (C=O) groups excluding carboxylic acids is 1. The van der Waals surface area contributed by atoms with Gasteiger partial charge in [0.2, 0.25) is 17.7 Å². The standard InChI is InChI=1S/C23H31N3O3/c1-16-5-7-17(8-6-16)20-24-25-21(29-20)18-14-26(19(27)13-22(2,3)4)15-23(18)9-11-28-12-10-23/h5-8,18H,9-15H2,1-4H3. The first-order chi connectivity index (χ1) is 13.8. The Labute approximate surface area is 172 Å². The number of aryl methyl sites for hydroxylation is 1. The summed E-state index contributed by atoms with van der Waals surface area (Å²) < 4.78 is 11.8. The Kier molecular flexibility index (Phi) is 5.23. The van der Waals surface area contributed by atoms with Crippen LogP contribution in [0.15, 0.2) is 28.7 Å². The molecule has 0 bridgehead atoms. The molecule has 2 saturated heterocycles. The Morgan fingerprint density at radius 3 is 2.52 bits per heavy atom. The maximum absolute atomic E-state index is 13.0. The van der Waals surface area contributed by atoms with Crippen LogP contribution >= 0.6 is 0 Å². The molecule has 1 amide bonds. The minimum Gasteiger partial charge on any atom is -0.420 e. The van der Waals surface area contributed by atoms with Gasteiger partial charge in [-0.25, -0.2) is 0 Å². The first-order valence-electron chi connectivity index (χ1n) is 10.5. The van der Waals surface area contributed by atoms with Gasteiger partial charge in [0.1, 0.15) is 0 Å². The molecule has 2 aliphatic heterocycles. The number of hydrogen-bond acceptors (Lipinski definition) is 5. The van der Waals surface area contributed by atoms with Crippen LogP contribution in [0.3, 0.4) is 0 Å². The molecule has 1 aromatic heterocycles. The zero-order chi connectivity index (χ0) is 20.6. The van der Waals surface area contributed by atoms with Crippen LogP contribution in [-0.4, -0.2) is 47.3 Å². The Morgan fingerprint density at radius 1 is 1.17 bits per heavy atom. The molecule has 1 spiro atoms. The van der Waals surface area contributed by atoms with Crippen molar-refractivity contribution in [3.05, 3.63) is 35.7 Å². The third kappa shape index (κ3) is 4.22. The smallest absolute Gasteiger partial charge is 0.247 e. The topological polar surface area (TPSA) is 68.5 Å². The van der Waals surface area contributed by atoms with Crippen molar-refractivity contribution in [2.75, 3.05) is 26.3 Å². The van der Waals surface area contributed by atoms with Crippen molar-refractivity contribution in [3.8, 4) is 11.5 Å². The van der Waals surface area contributed by atoms with Gasteiger partial charge in [-0.3, -0.25) is 4.79 Å². The molecule has 2 aliphatic rings. The molecule has 6 nitrogen and oxygen atoms in total. The highest BCUT2D eigenvalue weighted by Gasteiger charge is 2.51. The van der Waals surface area contributed by atoms with Gasteiger partial charge in [0.05, 0.1) is 5.92 Å². The molecule has 0 aliphatic carbocycles. The van der Waals surface area contributed by atoms with E-state index in [0.717, 1.165) is 38.2 Å². The average molecular weight is 398 g/mol. The molecule has 156 valence electrons. The molecule has 4 rings (SSSR count). The summed E-state index contributed by atoms with van der Waals surface area (Å²) in [6.45, 7) is 11.2. The maximum atomic E-state index is 13.0. The lowest BCUT2D eigenvalue weighted by Gasteiger charge is -2.36. The monoisotopic (exact) mass is 397 g/mol. The van der Waals surface area contributed by atoms with Crippen LogP contribution in [-0.2, 0) is 9.53 Å². The Hall–Kier alpha value is -2.21. The van der Waals surface area contributed by atoms with E-state index in [1.807, 2.05) is 29.2 Å². The molecular formula is C23H31N3O3. The van der Waals surface area contributed by atoms with Crippen molar-refractivity contribution in [1.29, 1.82) is 0 Å². The number of hydrogen-bond donors (Lipinski definition) is 0. The van der Waals surface area contributed by atoms with Crippen LogP contribution in [0.4, 0.5) is 0 Å². The quantitative estimate of drug-likeness (QED) is 0.776. The number of nitrogens with zero attached hydrogens (tertiary/aromatic N) is 3. The van der Waals surface area contributed by atoms with E-state index in [4.69, 9.17) is 9.15 Å². The first-order valence-corrected chi connectivity index (χ1v) is 10.5. The number of aromatic nitrogens is 2. The van der Waals surface area contributed by atoms with Crippen molar-refractivity contribution in [1.82, 2.24) is 15.1 Å². The van der Waals surface area contributed by atoms with Gasteiger partial charge in [0, 0.05) is 43.7 Å². The lowest BCUT2D eigenvalue weighted by molar-refractivity contribution is -0.132. The minimum atomic E-state index is -0.0388. The van der Waals surface area contributed by atoms with Gasteiger partial charge in [0.25, 0.3) is 0 Å². The van der Waals surface area contributed by atoms with Gasteiger partial charge in [-0.2, -0.15) is 0 Å². The lowest BCUT2D eigenvalue weighted by atomic mass is 9.72. The highest BCUT2D eigenvalue weighted by Crippen LogP contribution is 2.49. The number of carbonyl (C=O) groups is 1. The number of rotatable bonds is 3. The van der Waals surface area contributed by atoms with Crippen LogP contribution in [0.25, 0.3) is 11.5 Å². The highest BCUT2D eigenvalue weighted by molar-refractivity contribution is 5.77. The van der Waals surface area contributed by atoms with E-state index in [0.29, 0.717) is 24.7 Å². The predicted molar refractivity (Wildman–Crippen MR) is 110 cm³/mol. The van der Waals surface area contributed by atoms with Crippen LogP contribution in [0.2, 0.25) is 0 Å². The molecule has 0 radical (unpaired) electrons. The number of likely N-dealkylation sites (tertiary alicyclic amines) is 1. The van der Waals surface area contributed by atoms with Crippen LogP contribution in [0, 0.1) is 17.8 Å². The van der Waals surface area contributed by atoms with Gasteiger partial charge in [-0.1, -0.05) is 38.5 Å². The zero-order valence-electron chi connectivity index (χ0n) is 17.9. The van der Waals surface area contributed by atoms with Crippen molar-refractivity contribution in [2.24, 2.45) is 10.8 Å². The SMILES string of the molecule is Cc1ccc(-c2nnc(C3CN(C(=O)CC(C)(C)C)CC34CCOCC4)o2)cc1. The van der Waals surface area contributed by atoms with E-state index in [1.54, 1.807) is 0 Å². The molecule has 1 unspecified atom stereocenters. The summed E-state index contributed by atoms with van der Waals surface area (Å²) in [5, 5.41) is 8.74. The fourth-order valence-electron chi connectivity index (χ4n) is 4.54. The highest BCUT2D eigenvalue weighted by atomic mass is 16.5. The predicted octanol–water partition coefficient (Wildman–Crippen LogP) is 4.20. The summed E-state index contributed by atoms with van der Waals surface area (Å²) in [6.07, 6.45) is 2.38. The van der Waals surface area contributed by atoms with Crippen LogP contribution in [0.5, 0.6) is 0 Å². The van der Waals surface area contributed by atoms with E-state index in [1.165, 1.54) is 5.56 Å². The molecule has 6 heteroatoms. The van der Waals surface area contributed by atoms with Gasteiger partial charge in [-0.15, -0.1) is 10.2 Å². The second-order valence-electron chi connectivity index (χ2n) is 9.85. The Balaban J connectivity index is 1.60. The summed E-state index contributed by atoms with van der Waals surface area (Å²) in [7, 11) is 0. The minimum absolute atomic E-state index is 0.0267. The van der Waals surface area contributed by atoms with E-state index >= 15 is 0 Å². The fraction of sp³-hybridized carbons (Fsp3) is 0.609. The zero-order valence-corrected chi connectivity index (χ0v) is 17.9. The first kappa shape index (κ1) is 20.1. The lowest BCUT2D eigenvalue weighted by Crippen LogP contribution is -2.38. The summed E-state index contributed by atoms with van der Waals surface area (Å²) >= 11 is 0. The van der Waals surface area contributed by atoms with Crippen molar-refractivity contribution in [2.45, 2.75) is 52.9 Å². The van der Waals surface area contributed by atoms with E-state index < -0.39 is 0 Å². The maximum Gasteiger partial charge on any atom is 0.247 e. The second kappa shape index (κ2) is 7.56. The van der Waals surface area contributed by atoms with E-state index in [-0.39, 0.29) is 22.7 Å². The molecule has 1 atom stereocenters. The third-order valence-corrected chi connectivity index (χ3v) is 6.21. The third-order valence-electron chi connectivity index (χ3n) is 6.21. The average Bonchev–Trinajstić information content (AvgIpc) is 3.27. The van der Waals surface area contributed by atoms with Crippen molar-refractivity contribution >= 4 is 5.91 Å². The number of amides is 1. The molecule has 0 saturated carbocycles. The largest absolute Gasteiger partial charge is 0.420 e. The second-order valence-corrected chi connectivity index (χ2v) is 9.85. The van der Waals surface area contributed by atoms with Crippen molar-refractivity contribution < 1.29 is 13.9 Å². The normalized spacial score (nSPS) is 21.7. The molecule has 1 aromatic carbocycles. The van der Waals surface area contributed by atoms with E-state index in [2.05, 4.69) is 37.9 Å². The van der Waals surface area contributed by atoms with Gasteiger partial charge < -0.3 is 14.1 Å². The van der Waals surface area contributed by atoms with Gasteiger partial charge >= 0.3 is 0 Å². The summed E-state index contributed by atoms with van der Waals surface area (Å²) in [6, 6.07) is 8.10. The summed E-state index contributed by atoms with van der Waals surface area (Å²) in [5.41, 5.74) is 2.05. The van der Waals surface area contributed by atoms with Crippen LogP contribution in [0.1, 0.15) is 57.4 Å². The molecular weight excluding hydrogens is 366 g/mol. The van der Waals surface area contributed by atoms with Gasteiger partial charge in [-0.05, 0) is 37.3 Å². The molecule has 2 fully saturated rings. The van der Waals surface area contributed by atoms with E-state index in [9.17, 15) is 4.79 Å². The van der Waals surface area contributed by atoms with Crippen LogP contribution < -0.4 is 0 Å². The number of benzene rings is 1. The molecule has 29 heavy (non-hydrogen) atoms. The molecule has 2 aromatic rings. The molecule has 3 heterocycles. The molecule has 0 N–H and O–H groups in total. The Bertz CT molecular complexity index is 860. The van der Waals surface area contributed by atoms with Gasteiger partial charge in [0.15, 0.2) is 0 Å².